The number of aliphatic hydroxyl groups is 1. The number of carbonyl (C=O) groups is 1. The summed E-state index contributed by atoms with van der Waals surface area (Å²) in [5.74, 6) is -0.0168. The molecule has 0 aromatic carbocycles. The van der Waals surface area contributed by atoms with Gasteiger partial charge in [0, 0.05) is 25.4 Å². The van der Waals surface area contributed by atoms with Crippen molar-refractivity contribution >= 4 is 5.91 Å². The van der Waals surface area contributed by atoms with Crippen molar-refractivity contribution in [1.82, 2.24) is 10.6 Å². The Morgan fingerprint density at radius 2 is 2.41 bits per heavy atom. The molecule has 3 N–H and O–H groups in total. The van der Waals surface area contributed by atoms with Gasteiger partial charge in [-0.1, -0.05) is 6.08 Å². The highest BCUT2D eigenvalue weighted by molar-refractivity contribution is 5.93. The molecule has 1 amide bonds. The van der Waals surface area contributed by atoms with Crippen LogP contribution in [0.5, 0.6) is 0 Å². The van der Waals surface area contributed by atoms with Gasteiger partial charge in [-0.2, -0.15) is 0 Å². The maximum atomic E-state index is 10.9. The Balaban J connectivity index is 0.000000325. The molecule has 5 nitrogen and oxygen atoms in total. The second-order valence-electron chi connectivity index (χ2n) is 3.47. The van der Waals surface area contributed by atoms with E-state index >= 15 is 0 Å². The molecule has 1 atom stereocenters. The van der Waals surface area contributed by atoms with Crippen LogP contribution in [0, 0.1) is 0 Å². The molecule has 1 aliphatic heterocycles. The number of hydrogen-bond donors (Lipinski definition) is 3. The van der Waals surface area contributed by atoms with Gasteiger partial charge >= 0.3 is 0 Å². The first kappa shape index (κ1) is 15.7. The molecule has 0 spiro atoms. The Morgan fingerprint density at radius 1 is 1.71 bits per heavy atom. The smallest absolute Gasteiger partial charge is 0.248 e. The fourth-order valence-electron chi connectivity index (χ4n) is 1.12. The minimum Gasteiger partial charge on any atom is -0.394 e. The molecule has 0 aromatic heterocycles. The third-order valence-electron chi connectivity index (χ3n) is 2.04. The van der Waals surface area contributed by atoms with Gasteiger partial charge in [-0.05, 0) is 26.5 Å². The molecule has 0 aromatic rings. The van der Waals surface area contributed by atoms with Gasteiger partial charge in [-0.3, -0.25) is 4.79 Å². The number of allylic oxidation sites excluding steroid dienone is 1. The van der Waals surface area contributed by atoms with Crippen molar-refractivity contribution in [2.24, 2.45) is 0 Å². The topological polar surface area (TPSA) is 70.6 Å². The zero-order chi connectivity index (χ0) is 13.1. The van der Waals surface area contributed by atoms with Crippen molar-refractivity contribution < 1.29 is 14.6 Å². The number of nitrogens with one attached hydrogen (secondary N) is 2. The van der Waals surface area contributed by atoms with Crippen LogP contribution in [0.3, 0.4) is 0 Å². The van der Waals surface area contributed by atoms with Crippen LogP contribution in [0.25, 0.3) is 0 Å². The third kappa shape index (κ3) is 7.54. The monoisotopic (exact) mass is 242 g/mol. The zero-order valence-corrected chi connectivity index (χ0v) is 10.7. The number of aliphatic hydroxyl groups excluding tert-OH is 1. The van der Waals surface area contributed by atoms with Crippen LogP contribution >= 0.6 is 0 Å². The Hall–Kier alpha value is -1.33. The molecule has 0 saturated heterocycles. The van der Waals surface area contributed by atoms with Gasteiger partial charge in [0.05, 0.1) is 12.7 Å². The fraction of sp³-hybridized carbons (Fsp3) is 0.583. The first-order valence-corrected chi connectivity index (χ1v) is 5.70. The van der Waals surface area contributed by atoms with Crippen LogP contribution in [0.4, 0.5) is 0 Å². The van der Waals surface area contributed by atoms with Crippen LogP contribution in [-0.2, 0) is 9.53 Å². The Morgan fingerprint density at radius 3 is 2.76 bits per heavy atom. The standard InChI is InChI=1S/C7H10N2O.C5H12O2/c1-8-7(10)6-3-2-4-9-5-6;1-3-7-5(2)4-6/h2,4-5,9H,3H2,1H3,(H,8,10);5-6H,3-4H2,1-2H3. The average molecular weight is 242 g/mol. The molecule has 0 aliphatic carbocycles. The molecule has 0 radical (unpaired) electrons. The van der Waals surface area contributed by atoms with Gasteiger partial charge in [0.25, 0.3) is 0 Å². The highest BCUT2D eigenvalue weighted by Gasteiger charge is 2.05. The zero-order valence-electron chi connectivity index (χ0n) is 10.7. The summed E-state index contributed by atoms with van der Waals surface area (Å²) in [6.45, 7) is 4.55. The maximum absolute atomic E-state index is 10.9. The Bertz CT molecular complexity index is 275. The fourth-order valence-corrected chi connectivity index (χ4v) is 1.12. The first-order chi connectivity index (χ1) is 8.15. The lowest BCUT2D eigenvalue weighted by atomic mass is 10.1. The van der Waals surface area contributed by atoms with E-state index in [0.29, 0.717) is 13.0 Å². The predicted molar refractivity (Wildman–Crippen MR) is 67.2 cm³/mol. The van der Waals surface area contributed by atoms with Gasteiger partial charge in [0.2, 0.25) is 5.91 Å². The van der Waals surface area contributed by atoms with Crippen LogP contribution in [0.2, 0.25) is 0 Å². The van der Waals surface area contributed by atoms with E-state index in [2.05, 4.69) is 10.6 Å². The molecule has 1 aliphatic rings. The van der Waals surface area contributed by atoms with Gasteiger partial charge in [0.15, 0.2) is 0 Å². The van der Waals surface area contributed by atoms with Crippen molar-refractivity contribution in [3.8, 4) is 0 Å². The number of carbonyl (C=O) groups excluding carboxylic acids is 1. The number of dihydropyridines is 1. The molecule has 98 valence electrons. The minimum absolute atomic E-state index is 0.00463. The lowest BCUT2D eigenvalue weighted by Crippen LogP contribution is -2.22. The normalized spacial score (nSPS) is 14.9. The molecular formula is C12H22N2O3. The summed E-state index contributed by atoms with van der Waals surface area (Å²) in [5.41, 5.74) is 0.769. The van der Waals surface area contributed by atoms with Crippen molar-refractivity contribution in [3.05, 3.63) is 24.0 Å². The molecule has 17 heavy (non-hydrogen) atoms. The summed E-state index contributed by atoms with van der Waals surface area (Å²) in [5, 5.41) is 13.7. The highest BCUT2D eigenvalue weighted by Crippen LogP contribution is 2.03. The van der Waals surface area contributed by atoms with Crippen molar-refractivity contribution in [2.75, 3.05) is 20.3 Å². The van der Waals surface area contributed by atoms with Crippen LogP contribution < -0.4 is 10.6 Å². The molecule has 1 heterocycles. The lowest BCUT2D eigenvalue weighted by molar-refractivity contribution is -0.117. The molecule has 5 heteroatoms. The van der Waals surface area contributed by atoms with Gasteiger partial charge in [0.1, 0.15) is 0 Å². The second kappa shape index (κ2) is 9.86. The van der Waals surface area contributed by atoms with E-state index in [1.54, 1.807) is 13.2 Å². The molecular weight excluding hydrogens is 220 g/mol. The predicted octanol–water partition coefficient (Wildman–Crippen LogP) is 0.527. The first-order valence-electron chi connectivity index (χ1n) is 5.70. The van der Waals surface area contributed by atoms with Crippen LogP contribution in [0.15, 0.2) is 24.0 Å². The maximum Gasteiger partial charge on any atom is 0.248 e. The Kier molecular flexibility index (Phi) is 9.09. The number of hydrogen-bond acceptors (Lipinski definition) is 4. The summed E-state index contributed by atoms with van der Waals surface area (Å²) in [4.78, 5) is 10.9. The van der Waals surface area contributed by atoms with Crippen LogP contribution in [-0.4, -0.2) is 37.4 Å². The largest absolute Gasteiger partial charge is 0.394 e. The summed E-state index contributed by atoms with van der Waals surface area (Å²) in [7, 11) is 1.63. The van der Waals surface area contributed by atoms with E-state index in [9.17, 15) is 4.79 Å². The van der Waals surface area contributed by atoms with Crippen molar-refractivity contribution in [3.63, 3.8) is 0 Å². The quantitative estimate of drug-likeness (QED) is 0.672. The van der Waals surface area contributed by atoms with E-state index in [4.69, 9.17) is 9.84 Å². The summed E-state index contributed by atoms with van der Waals surface area (Å²) < 4.78 is 4.94. The van der Waals surface area contributed by atoms with Gasteiger partial charge < -0.3 is 20.5 Å². The number of amides is 1. The van der Waals surface area contributed by atoms with Crippen LogP contribution in [0.1, 0.15) is 20.3 Å². The SMILES string of the molecule is CCOC(C)CO.CNC(=O)C1=CNC=CC1. The minimum atomic E-state index is -0.0168. The molecule has 1 rings (SSSR count). The van der Waals surface area contributed by atoms with E-state index in [-0.39, 0.29) is 18.6 Å². The van der Waals surface area contributed by atoms with E-state index in [0.717, 1.165) is 5.57 Å². The van der Waals surface area contributed by atoms with E-state index < -0.39 is 0 Å². The van der Waals surface area contributed by atoms with Crippen molar-refractivity contribution in [2.45, 2.75) is 26.4 Å². The second-order valence-corrected chi connectivity index (χ2v) is 3.47. The van der Waals surface area contributed by atoms with Gasteiger partial charge in [-0.15, -0.1) is 0 Å². The summed E-state index contributed by atoms with van der Waals surface area (Å²) >= 11 is 0. The number of likely N-dealkylation sites (N-methyl/N-ethyl adjacent to an activating group) is 1. The molecule has 0 bridgehead atoms. The van der Waals surface area contributed by atoms with E-state index in [1.165, 1.54) is 0 Å². The highest BCUT2D eigenvalue weighted by atomic mass is 16.5. The molecule has 1 unspecified atom stereocenters. The molecule has 0 saturated carbocycles. The average Bonchev–Trinajstić information content (AvgIpc) is 2.39. The molecule has 0 fully saturated rings. The van der Waals surface area contributed by atoms with Crippen molar-refractivity contribution in [1.29, 1.82) is 0 Å². The lowest BCUT2D eigenvalue weighted by Gasteiger charge is -2.06. The third-order valence-corrected chi connectivity index (χ3v) is 2.04. The summed E-state index contributed by atoms with van der Waals surface area (Å²) in [6.07, 6.45) is 6.15. The number of rotatable bonds is 4. The van der Waals surface area contributed by atoms with E-state index in [1.807, 2.05) is 26.1 Å². The summed E-state index contributed by atoms with van der Waals surface area (Å²) in [6, 6.07) is 0. The number of ether oxygens (including phenoxy) is 1. The van der Waals surface area contributed by atoms with Gasteiger partial charge in [-0.25, -0.2) is 0 Å². The Labute approximate surface area is 103 Å².